The fourth-order valence-corrected chi connectivity index (χ4v) is 2.06. The van der Waals surface area contributed by atoms with Crippen LogP contribution in [0.25, 0.3) is 0 Å². The van der Waals surface area contributed by atoms with Crippen LogP contribution >= 0.6 is 0 Å². The number of hydrogen-bond acceptors (Lipinski definition) is 2. The Morgan fingerprint density at radius 3 is 2.19 bits per heavy atom. The molecular formula is C17H25NO3. The van der Waals surface area contributed by atoms with Crippen molar-refractivity contribution in [1.82, 2.24) is 4.90 Å². The molecule has 0 aliphatic rings. The maximum absolute atomic E-state index is 12.3. The van der Waals surface area contributed by atoms with Gasteiger partial charge in [0.25, 0.3) is 0 Å². The maximum Gasteiger partial charge on any atom is 0.308 e. The number of carbonyl (C=O) groups excluding carboxylic acids is 1. The third-order valence-electron chi connectivity index (χ3n) is 3.35. The van der Waals surface area contributed by atoms with Crippen molar-refractivity contribution in [2.75, 3.05) is 6.54 Å². The van der Waals surface area contributed by atoms with Crippen LogP contribution in [0.2, 0.25) is 0 Å². The van der Waals surface area contributed by atoms with Gasteiger partial charge in [0.2, 0.25) is 5.91 Å². The Bertz CT molecular complexity index is 479. The summed E-state index contributed by atoms with van der Waals surface area (Å²) in [6.07, 6.45) is 0.443. The van der Waals surface area contributed by atoms with E-state index in [-0.39, 0.29) is 18.4 Å². The number of benzene rings is 1. The van der Waals surface area contributed by atoms with Gasteiger partial charge < -0.3 is 10.0 Å². The van der Waals surface area contributed by atoms with E-state index in [4.69, 9.17) is 5.11 Å². The quantitative estimate of drug-likeness (QED) is 0.840. The van der Waals surface area contributed by atoms with E-state index in [0.717, 1.165) is 11.1 Å². The minimum Gasteiger partial charge on any atom is -0.481 e. The minimum absolute atomic E-state index is 0.0127. The molecule has 0 fully saturated rings. The fourth-order valence-electron chi connectivity index (χ4n) is 2.06. The molecule has 1 rings (SSSR count). The van der Waals surface area contributed by atoms with Crippen molar-refractivity contribution in [3.05, 3.63) is 35.4 Å². The summed E-state index contributed by atoms with van der Waals surface area (Å²) in [4.78, 5) is 25.0. The van der Waals surface area contributed by atoms with Crippen LogP contribution in [0.3, 0.4) is 0 Å². The molecule has 0 radical (unpaired) electrons. The Hall–Kier alpha value is -1.84. The molecule has 0 saturated carbocycles. The Morgan fingerprint density at radius 1 is 1.14 bits per heavy atom. The van der Waals surface area contributed by atoms with E-state index >= 15 is 0 Å². The standard InChI is InChI=1S/C17H25NO3/c1-12(2)9-16(19)18(10-14(4)17(20)21)11-15-7-5-13(3)6-8-15/h5-8,12,14H,9-11H2,1-4H3,(H,20,21). The lowest BCUT2D eigenvalue weighted by Gasteiger charge is -2.25. The number of carbonyl (C=O) groups is 2. The first-order valence-electron chi connectivity index (χ1n) is 7.35. The third-order valence-corrected chi connectivity index (χ3v) is 3.35. The number of aliphatic carboxylic acids is 1. The van der Waals surface area contributed by atoms with Crippen LogP contribution in [0, 0.1) is 18.8 Å². The van der Waals surface area contributed by atoms with Crippen molar-refractivity contribution in [1.29, 1.82) is 0 Å². The molecule has 0 aliphatic carbocycles. The highest BCUT2D eigenvalue weighted by atomic mass is 16.4. The van der Waals surface area contributed by atoms with Crippen LogP contribution < -0.4 is 0 Å². The molecule has 0 heterocycles. The second kappa shape index (κ2) is 7.81. The van der Waals surface area contributed by atoms with Gasteiger partial charge in [-0.05, 0) is 18.4 Å². The van der Waals surface area contributed by atoms with Crippen LogP contribution in [0.15, 0.2) is 24.3 Å². The summed E-state index contributed by atoms with van der Waals surface area (Å²) in [5.74, 6) is -1.16. The molecule has 4 heteroatoms. The van der Waals surface area contributed by atoms with E-state index < -0.39 is 11.9 Å². The topological polar surface area (TPSA) is 57.6 Å². The molecule has 0 aliphatic heterocycles. The second-order valence-corrected chi connectivity index (χ2v) is 6.10. The van der Waals surface area contributed by atoms with Crippen molar-refractivity contribution in [2.45, 2.75) is 40.7 Å². The summed E-state index contributed by atoms with van der Waals surface area (Å²) in [6, 6.07) is 7.97. The smallest absolute Gasteiger partial charge is 0.308 e. The van der Waals surface area contributed by atoms with Crippen molar-refractivity contribution in [3.8, 4) is 0 Å². The van der Waals surface area contributed by atoms with Crippen molar-refractivity contribution in [2.24, 2.45) is 11.8 Å². The zero-order chi connectivity index (χ0) is 16.0. The van der Waals surface area contributed by atoms with Crippen molar-refractivity contribution < 1.29 is 14.7 Å². The molecule has 1 aromatic rings. The lowest BCUT2D eigenvalue weighted by Crippen LogP contribution is -2.37. The number of rotatable bonds is 7. The molecule has 4 nitrogen and oxygen atoms in total. The molecule has 116 valence electrons. The van der Waals surface area contributed by atoms with E-state index in [1.54, 1.807) is 11.8 Å². The van der Waals surface area contributed by atoms with Crippen molar-refractivity contribution in [3.63, 3.8) is 0 Å². The number of amides is 1. The summed E-state index contributed by atoms with van der Waals surface area (Å²) in [5, 5.41) is 9.06. The Morgan fingerprint density at radius 2 is 1.71 bits per heavy atom. The summed E-state index contributed by atoms with van der Waals surface area (Å²) >= 11 is 0. The zero-order valence-electron chi connectivity index (χ0n) is 13.3. The van der Waals surface area contributed by atoms with E-state index in [1.165, 1.54) is 0 Å². The van der Waals surface area contributed by atoms with Gasteiger partial charge in [0.05, 0.1) is 5.92 Å². The average Bonchev–Trinajstić information content (AvgIpc) is 2.39. The molecular weight excluding hydrogens is 266 g/mol. The van der Waals surface area contributed by atoms with E-state index in [1.807, 2.05) is 45.0 Å². The van der Waals surface area contributed by atoms with Gasteiger partial charge in [0, 0.05) is 19.5 Å². The molecule has 1 aromatic carbocycles. The Labute approximate surface area is 126 Å². The Kier molecular flexibility index (Phi) is 6.40. The molecule has 1 atom stereocenters. The predicted molar refractivity (Wildman–Crippen MR) is 82.9 cm³/mol. The molecule has 0 spiro atoms. The van der Waals surface area contributed by atoms with Gasteiger partial charge in [-0.1, -0.05) is 50.6 Å². The summed E-state index contributed by atoms with van der Waals surface area (Å²) in [5.41, 5.74) is 2.19. The fraction of sp³-hybridized carbons (Fsp3) is 0.529. The first kappa shape index (κ1) is 17.2. The normalized spacial score (nSPS) is 12.2. The highest BCUT2D eigenvalue weighted by molar-refractivity contribution is 5.77. The monoisotopic (exact) mass is 291 g/mol. The molecule has 1 amide bonds. The predicted octanol–water partition coefficient (Wildman–Crippen LogP) is 3.09. The maximum atomic E-state index is 12.3. The van der Waals surface area contributed by atoms with Gasteiger partial charge >= 0.3 is 5.97 Å². The molecule has 0 aromatic heterocycles. The minimum atomic E-state index is -0.874. The molecule has 0 saturated heterocycles. The number of aryl methyl sites for hydroxylation is 1. The van der Waals surface area contributed by atoms with E-state index in [9.17, 15) is 9.59 Å². The number of carboxylic acids is 1. The third kappa shape index (κ3) is 5.98. The first-order chi connectivity index (χ1) is 9.79. The van der Waals surface area contributed by atoms with Gasteiger partial charge in [0.15, 0.2) is 0 Å². The molecule has 1 unspecified atom stereocenters. The average molecular weight is 291 g/mol. The van der Waals surface area contributed by atoms with Crippen LogP contribution in [0.5, 0.6) is 0 Å². The first-order valence-corrected chi connectivity index (χ1v) is 7.35. The van der Waals surface area contributed by atoms with E-state index in [0.29, 0.717) is 13.0 Å². The number of carboxylic acid groups (broad SMARTS) is 1. The number of nitrogens with zero attached hydrogens (tertiary/aromatic N) is 1. The summed E-state index contributed by atoms with van der Waals surface area (Å²) in [6.45, 7) is 8.33. The number of hydrogen-bond donors (Lipinski definition) is 1. The van der Waals surface area contributed by atoms with Crippen LogP contribution in [-0.2, 0) is 16.1 Å². The summed E-state index contributed by atoms with van der Waals surface area (Å²) < 4.78 is 0. The lowest BCUT2D eigenvalue weighted by atomic mass is 10.1. The van der Waals surface area contributed by atoms with Gasteiger partial charge in [-0.3, -0.25) is 9.59 Å². The largest absolute Gasteiger partial charge is 0.481 e. The SMILES string of the molecule is Cc1ccc(CN(CC(C)C(=O)O)C(=O)CC(C)C)cc1. The van der Waals surface area contributed by atoms with Gasteiger partial charge in [-0.15, -0.1) is 0 Å². The van der Waals surface area contributed by atoms with Gasteiger partial charge in [-0.25, -0.2) is 0 Å². The second-order valence-electron chi connectivity index (χ2n) is 6.10. The lowest BCUT2D eigenvalue weighted by molar-refractivity contribution is -0.143. The summed E-state index contributed by atoms with van der Waals surface area (Å²) in [7, 11) is 0. The van der Waals surface area contributed by atoms with Gasteiger partial charge in [0.1, 0.15) is 0 Å². The zero-order valence-corrected chi connectivity index (χ0v) is 13.3. The van der Waals surface area contributed by atoms with Crippen LogP contribution in [-0.4, -0.2) is 28.4 Å². The molecule has 21 heavy (non-hydrogen) atoms. The molecule has 1 N–H and O–H groups in total. The van der Waals surface area contributed by atoms with E-state index in [2.05, 4.69) is 0 Å². The van der Waals surface area contributed by atoms with Crippen LogP contribution in [0.4, 0.5) is 0 Å². The van der Waals surface area contributed by atoms with Crippen LogP contribution in [0.1, 0.15) is 38.3 Å². The highest BCUT2D eigenvalue weighted by Gasteiger charge is 2.21. The Balaban J connectivity index is 2.82. The highest BCUT2D eigenvalue weighted by Crippen LogP contribution is 2.13. The van der Waals surface area contributed by atoms with Gasteiger partial charge in [-0.2, -0.15) is 0 Å². The van der Waals surface area contributed by atoms with Crippen molar-refractivity contribution >= 4 is 11.9 Å². The molecule has 0 bridgehead atoms.